The fraction of sp³-hybridized carbons (Fsp3) is 0.333. The van der Waals surface area contributed by atoms with Gasteiger partial charge < -0.3 is 15.5 Å². The van der Waals surface area contributed by atoms with E-state index in [9.17, 15) is 14.7 Å². The molecule has 1 aromatic rings. The maximum Gasteiger partial charge on any atom is 0.326 e. The molecular weight excluding hydrogens is 222 g/mol. The molecule has 1 amide bonds. The first-order valence-corrected chi connectivity index (χ1v) is 5.32. The molecule has 0 aliphatic heterocycles. The fourth-order valence-corrected chi connectivity index (χ4v) is 1.38. The number of benzene rings is 1. The third kappa shape index (κ3) is 3.57. The standard InChI is InChI=1S/C12H15NO4/c1-2-9(12(16)17)13-11(15)10(14)8-6-4-3-5-7-8/h3-7,9-10,14H,2H2,1H3,(H,13,15)(H,16,17)/t9-,10-/m0/s1. The van der Waals surface area contributed by atoms with Crippen molar-refractivity contribution in [2.75, 3.05) is 0 Å². The number of nitrogens with one attached hydrogen (secondary N) is 1. The van der Waals surface area contributed by atoms with Gasteiger partial charge >= 0.3 is 5.97 Å². The predicted octanol–water partition coefficient (Wildman–Crippen LogP) is 0.699. The summed E-state index contributed by atoms with van der Waals surface area (Å²) in [6, 6.07) is 7.39. The van der Waals surface area contributed by atoms with Crippen LogP contribution in [0.3, 0.4) is 0 Å². The van der Waals surface area contributed by atoms with Crippen LogP contribution < -0.4 is 5.32 Å². The summed E-state index contributed by atoms with van der Waals surface area (Å²) in [4.78, 5) is 22.3. The Morgan fingerprint density at radius 2 is 1.88 bits per heavy atom. The number of carbonyl (C=O) groups excluding carboxylic acids is 1. The van der Waals surface area contributed by atoms with Crippen LogP contribution in [0.5, 0.6) is 0 Å². The van der Waals surface area contributed by atoms with Crippen LogP contribution >= 0.6 is 0 Å². The topological polar surface area (TPSA) is 86.6 Å². The molecule has 0 aliphatic rings. The van der Waals surface area contributed by atoms with E-state index < -0.39 is 24.0 Å². The second-order valence-corrected chi connectivity index (χ2v) is 3.62. The Morgan fingerprint density at radius 1 is 1.29 bits per heavy atom. The lowest BCUT2D eigenvalue weighted by atomic mass is 10.1. The maximum absolute atomic E-state index is 11.6. The monoisotopic (exact) mass is 237 g/mol. The van der Waals surface area contributed by atoms with Gasteiger partial charge in [0, 0.05) is 0 Å². The number of rotatable bonds is 5. The molecule has 1 aromatic carbocycles. The summed E-state index contributed by atoms with van der Waals surface area (Å²) in [6.45, 7) is 1.65. The highest BCUT2D eigenvalue weighted by molar-refractivity contribution is 5.86. The van der Waals surface area contributed by atoms with Crippen molar-refractivity contribution in [2.45, 2.75) is 25.5 Å². The van der Waals surface area contributed by atoms with Crippen LogP contribution in [0, 0.1) is 0 Å². The molecule has 0 aromatic heterocycles. The molecule has 0 aliphatic carbocycles. The van der Waals surface area contributed by atoms with E-state index in [2.05, 4.69) is 5.32 Å². The highest BCUT2D eigenvalue weighted by Gasteiger charge is 2.23. The Bertz CT molecular complexity index is 391. The third-order valence-electron chi connectivity index (χ3n) is 2.39. The lowest BCUT2D eigenvalue weighted by molar-refractivity contribution is -0.143. The Balaban J connectivity index is 2.68. The van der Waals surface area contributed by atoms with Gasteiger partial charge in [-0.15, -0.1) is 0 Å². The number of aliphatic hydroxyl groups is 1. The summed E-state index contributed by atoms with van der Waals surface area (Å²) in [7, 11) is 0. The molecular formula is C12H15NO4. The number of carboxylic acids is 1. The molecule has 5 heteroatoms. The van der Waals surface area contributed by atoms with E-state index in [1.165, 1.54) is 0 Å². The molecule has 5 nitrogen and oxygen atoms in total. The maximum atomic E-state index is 11.6. The summed E-state index contributed by atoms with van der Waals surface area (Å²) in [5, 5.41) is 20.8. The SMILES string of the molecule is CC[C@H](NC(=O)[C@@H](O)c1ccccc1)C(=O)O. The van der Waals surface area contributed by atoms with Gasteiger partial charge in [-0.25, -0.2) is 4.79 Å². The predicted molar refractivity (Wildman–Crippen MR) is 61.3 cm³/mol. The molecule has 0 saturated carbocycles. The first kappa shape index (κ1) is 13.2. The first-order chi connectivity index (χ1) is 8.06. The van der Waals surface area contributed by atoms with Crippen molar-refractivity contribution in [1.29, 1.82) is 0 Å². The zero-order chi connectivity index (χ0) is 12.8. The summed E-state index contributed by atoms with van der Waals surface area (Å²) >= 11 is 0. The van der Waals surface area contributed by atoms with Gasteiger partial charge in [0.25, 0.3) is 5.91 Å². The third-order valence-corrected chi connectivity index (χ3v) is 2.39. The van der Waals surface area contributed by atoms with Crippen LogP contribution in [0.2, 0.25) is 0 Å². The Kier molecular flexibility index (Phi) is 4.66. The second-order valence-electron chi connectivity index (χ2n) is 3.62. The van der Waals surface area contributed by atoms with Gasteiger partial charge in [0.15, 0.2) is 6.10 Å². The first-order valence-electron chi connectivity index (χ1n) is 5.32. The van der Waals surface area contributed by atoms with Gasteiger partial charge in [0.1, 0.15) is 6.04 Å². The minimum atomic E-state index is -1.34. The number of carboxylic acid groups (broad SMARTS) is 1. The molecule has 3 N–H and O–H groups in total. The Morgan fingerprint density at radius 3 is 2.35 bits per heavy atom. The molecule has 0 saturated heterocycles. The molecule has 0 spiro atoms. The molecule has 1 rings (SSSR count). The number of hydrogen-bond acceptors (Lipinski definition) is 3. The highest BCUT2D eigenvalue weighted by Crippen LogP contribution is 2.12. The Hall–Kier alpha value is -1.88. The van der Waals surface area contributed by atoms with E-state index in [1.54, 1.807) is 37.3 Å². The van der Waals surface area contributed by atoms with E-state index in [0.717, 1.165) is 0 Å². The van der Waals surface area contributed by atoms with E-state index in [4.69, 9.17) is 5.11 Å². The quantitative estimate of drug-likeness (QED) is 0.703. The molecule has 0 fully saturated rings. The van der Waals surface area contributed by atoms with E-state index in [0.29, 0.717) is 5.56 Å². The zero-order valence-corrected chi connectivity index (χ0v) is 9.46. The van der Waals surface area contributed by atoms with Crippen molar-refractivity contribution in [3.05, 3.63) is 35.9 Å². The van der Waals surface area contributed by atoms with Crippen LogP contribution in [0.4, 0.5) is 0 Å². The molecule has 0 radical (unpaired) electrons. The molecule has 17 heavy (non-hydrogen) atoms. The summed E-state index contributed by atoms with van der Waals surface area (Å²) in [5.74, 6) is -1.81. The van der Waals surface area contributed by atoms with Gasteiger partial charge in [0.05, 0.1) is 0 Å². The van der Waals surface area contributed by atoms with Gasteiger partial charge in [-0.05, 0) is 12.0 Å². The molecule has 92 valence electrons. The van der Waals surface area contributed by atoms with Gasteiger partial charge in [0.2, 0.25) is 0 Å². The van der Waals surface area contributed by atoms with Crippen LogP contribution in [-0.4, -0.2) is 28.1 Å². The van der Waals surface area contributed by atoms with E-state index in [-0.39, 0.29) is 6.42 Å². The van der Waals surface area contributed by atoms with Gasteiger partial charge in [-0.2, -0.15) is 0 Å². The largest absolute Gasteiger partial charge is 0.480 e. The summed E-state index contributed by atoms with van der Waals surface area (Å²) < 4.78 is 0. The molecule has 0 unspecified atom stereocenters. The van der Waals surface area contributed by atoms with Crippen LogP contribution in [0.1, 0.15) is 25.0 Å². The lowest BCUT2D eigenvalue weighted by Crippen LogP contribution is -2.42. The van der Waals surface area contributed by atoms with Crippen molar-refractivity contribution in [1.82, 2.24) is 5.32 Å². The van der Waals surface area contributed by atoms with Crippen molar-refractivity contribution < 1.29 is 19.8 Å². The van der Waals surface area contributed by atoms with E-state index >= 15 is 0 Å². The van der Waals surface area contributed by atoms with Crippen molar-refractivity contribution in [3.8, 4) is 0 Å². The van der Waals surface area contributed by atoms with Crippen LogP contribution in [-0.2, 0) is 9.59 Å². The zero-order valence-electron chi connectivity index (χ0n) is 9.46. The average molecular weight is 237 g/mol. The highest BCUT2D eigenvalue weighted by atomic mass is 16.4. The number of aliphatic carboxylic acids is 1. The lowest BCUT2D eigenvalue weighted by Gasteiger charge is -2.15. The summed E-state index contributed by atoms with van der Waals surface area (Å²) in [6.07, 6.45) is -1.08. The normalized spacial score (nSPS) is 13.8. The molecule has 2 atom stereocenters. The fourth-order valence-electron chi connectivity index (χ4n) is 1.38. The van der Waals surface area contributed by atoms with Crippen LogP contribution in [0.15, 0.2) is 30.3 Å². The van der Waals surface area contributed by atoms with Crippen LogP contribution in [0.25, 0.3) is 0 Å². The smallest absolute Gasteiger partial charge is 0.326 e. The number of aliphatic hydroxyl groups excluding tert-OH is 1. The van der Waals surface area contributed by atoms with Crippen molar-refractivity contribution in [3.63, 3.8) is 0 Å². The number of amides is 1. The van der Waals surface area contributed by atoms with E-state index in [1.807, 2.05) is 0 Å². The minimum Gasteiger partial charge on any atom is -0.480 e. The van der Waals surface area contributed by atoms with Gasteiger partial charge in [-0.3, -0.25) is 4.79 Å². The Labute approximate surface area is 99.1 Å². The minimum absolute atomic E-state index is 0.266. The molecule has 0 bridgehead atoms. The van der Waals surface area contributed by atoms with Crippen molar-refractivity contribution >= 4 is 11.9 Å². The second kappa shape index (κ2) is 6.00. The number of carbonyl (C=O) groups is 2. The molecule has 0 heterocycles. The summed E-state index contributed by atoms with van der Waals surface area (Å²) in [5.41, 5.74) is 0.435. The average Bonchev–Trinajstić information content (AvgIpc) is 2.35. The number of hydrogen-bond donors (Lipinski definition) is 3. The van der Waals surface area contributed by atoms with Gasteiger partial charge in [-0.1, -0.05) is 37.3 Å². The van der Waals surface area contributed by atoms with Crippen molar-refractivity contribution in [2.24, 2.45) is 0 Å².